The zero-order valence-electron chi connectivity index (χ0n) is 21.5. The van der Waals surface area contributed by atoms with Crippen LogP contribution in [-0.4, -0.2) is 67.8 Å². The smallest absolute Gasteiger partial charge is 0.258 e. The maximum atomic E-state index is 14.3. The monoisotopic (exact) mass is 529 g/mol. The number of amides is 1. The third-order valence-corrected chi connectivity index (χ3v) is 8.18. The molecule has 3 heterocycles. The van der Waals surface area contributed by atoms with E-state index in [-0.39, 0.29) is 30.4 Å². The first-order valence-corrected chi connectivity index (χ1v) is 13.2. The van der Waals surface area contributed by atoms with E-state index in [2.05, 4.69) is 15.0 Å². The van der Waals surface area contributed by atoms with E-state index in [1.54, 1.807) is 9.42 Å². The topological polar surface area (TPSA) is 83.2 Å². The molecule has 0 unspecified atom stereocenters. The number of hydrogen-bond donors (Lipinski definition) is 1. The molecule has 0 bridgehead atoms. The van der Waals surface area contributed by atoms with E-state index in [1.165, 1.54) is 18.2 Å². The Morgan fingerprint density at radius 1 is 1.27 bits per heavy atom. The summed E-state index contributed by atoms with van der Waals surface area (Å²) in [7, 11) is 2.01. The van der Waals surface area contributed by atoms with E-state index < -0.39 is 5.82 Å². The van der Waals surface area contributed by atoms with Crippen LogP contribution in [0.25, 0.3) is 5.65 Å². The lowest BCUT2D eigenvalue weighted by molar-refractivity contribution is 0.0737. The van der Waals surface area contributed by atoms with Crippen molar-refractivity contribution in [2.45, 2.75) is 71.2 Å². The minimum atomic E-state index is -0.441. The number of aliphatic hydroxyl groups is 1. The van der Waals surface area contributed by atoms with Gasteiger partial charge in [0.25, 0.3) is 5.91 Å². The molecule has 1 amide bonds. The molecular formula is C27H33ClFN5O3. The van der Waals surface area contributed by atoms with Gasteiger partial charge in [0.05, 0.1) is 47.4 Å². The van der Waals surface area contributed by atoms with Crippen LogP contribution < -0.4 is 4.74 Å². The minimum absolute atomic E-state index is 0.103. The van der Waals surface area contributed by atoms with Crippen LogP contribution in [0.3, 0.4) is 0 Å². The maximum Gasteiger partial charge on any atom is 0.258 e. The van der Waals surface area contributed by atoms with E-state index in [4.69, 9.17) is 16.3 Å². The van der Waals surface area contributed by atoms with Crippen molar-refractivity contribution in [1.29, 1.82) is 0 Å². The van der Waals surface area contributed by atoms with E-state index in [0.717, 1.165) is 54.7 Å². The van der Waals surface area contributed by atoms with Crippen LogP contribution in [0.4, 0.5) is 4.39 Å². The van der Waals surface area contributed by atoms with Gasteiger partial charge in [0, 0.05) is 24.2 Å². The van der Waals surface area contributed by atoms with Crippen molar-refractivity contribution in [1.82, 2.24) is 24.4 Å². The zero-order chi connectivity index (χ0) is 26.3. The molecule has 1 N–H and O–H groups in total. The van der Waals surface area contributed by atoms with Crippen LogP contribution in [0.2, 0.25) is 5.02 Å². The fraction of sp³-hybridized carbons (Fsp3) is 0.519. The molecule has 3 aromatic rings. The van der Waals surface area contributed by atoms with Gasteiger partial charge in [-0.3, -0.25) is 4.79 Å². The highest BCUT2D eigenvalue weighted by atomic mass is 35.5. The minimum Gasteiger partial charge on any atom is -0.489 e. The number of hydrogen-bond acceptors (Lipinski definition) is 6. The summed E-state index contributed by atoms with van der Waals surface area (Å²) in [4.78, 5) is 22.1. The van der Waals surface area contributed by atoms with Crippen molar-refractivity contribution in [3.63, 3.8) is 0 Å². The highest BCUT2D eigenvalue weighted by Gasteiger charge is 2.32. The summed E-state index contributed by atoms with van der Waals surface area (Å²) < 4.78 is 22.4. The van der Waals surface area contributed by atoms with Crippen LogP contribution >= 0.6 is 11.6 Å². The van der Waals surface area contributed by atoms with Crippen molar-refractivity contribution in [3.05, 3.63) is 57.2 Å². The van der Waals surface area contributed by atoms with E-state index in [9.17, 15) is 14.3 Å². The number of carbonyl (C=O) groups excluding carboxylic acids is 1. The molecule has 0 spiro atoms. The Balaban J connectivity index is 1.37. The summed E-state index contributed by atoms with van der Waals surface area (Å²) in [5, 5.41) is 14.6. The number of carbonyl (C=O) groups is 1. The van der Waals surface area contributed by atoms with Gasteiger partial charge in [-0.15, -0.1) is 0 Å². The number of halogens is 2. The number of aryl methyl sites for hydroxylation is 2. The average molecular weight is 530 g/mol. The van der Waals surface area contributed by atoms with Crippen molar-refractivity contribution >= 4 is 23.2 Å². The maximum absolute atomic E-state index is 14.3. The van der Waals surface area contributed by atoms with Crippen LogP contribution in [0, 0.1) is 19.7 Å². The third kappa shape index (κ3) is 5.04. The summed E-state index contributed by atoms with van der Waals surface area (Å²) in [6.45, 7) is 5.15. The van der Waals surface area contributed by atoms with E-state index in [0.29, 0.717) is 35.9 Å². The third-order valence-electron chi connectivity index (χ3n) is 7.64. The standard InChI is InChI=1S/C27H33ClFN5O3/c1-16-25(28)17(2)34-26(30-16)22-14-33(15-23(22)31-34)27(36)21-9-8-18(29)12-24(21)37-20-7-5-4-6-19(13-20)32(3)10-11-35/h8-9,12,19-20,35H,4-7,10-11,13-15H2,1-3H3/t19-,20-/m1/s1. The van der Waals surface area contributed by atoms with Crippen molar-refractivity contribution < 1.29 is 19.0 Å². The lowest BCUT2D eigenvalue weighted by Crippen LogP contribution is -2.37. The van der Waals surface area contributed by atoms with E-state index >= 15 is 0 Å². The van der Waals surface area contributed by atoms with Gasteiger partial charge in [-0.05, 0) is 58.7 Å². The van der Waals surface area contributed by atoms with Crippen molar-refractivity contribution in [2.24, 2.45) is 0 Å². The number of nitrogens with zero attached hydrogens (tertiary/aromatic N) is 5. The lowest BCUT2D eigenvalue weighted by atomic mass is 10.1. The van der Waals surface area contributed by atoms with Gasteiger partial charge in [-0.25, -0.2) is 13.9 Å². The first-order chi connectivity index (χ1) is 17.8. The highest BCUT2D eigenvalue weighted by molar-refractivity contribution is 6.31. The Morgan fingerprint density at radius 3 is 2.84 bits per heavy atom. The molecule has 0 saturated heterocycles. The molecule has 1 fully saturated rings. The van der Waals surface area contributed by atoms with Crippen molar-refractivity contribution in [2.75, 3.05) is 20.2 Å². The molecule has 2 aliphatic rings. The molecule has 0 radical (unpaired) electrons. The molecule has 1 aliphatic heterocycles. The van der Waals surface area contributed by atoms with Gasteiger partial charge in [0.1, 0.15) is 17.7 Å². The SMILES string of the molecule is Cc1nc2c3c(nn2c(C)c1Cl)CN(C(=O)c1ccc(F)cc1O[C@@H]1CCCC[C@@H](N(C)CCO)C1)C3. The van der Waals surface area contributed by atoms with Gasteiger partial charge in [-0.1, -0.05) is 18.0 Å². The number of aromatic nitrogens is 3. The summed E-state index contributed by atoms with van der Waals surface area (Å²) in [5.41, 5.74) is 4.28. The largest absolute Gasteiger partial charge is 0.489 e. The van der Waals surface area contributed by atoms with Gasteiger partial charge < -0.3 is 19.6 Å². The fourth-order valence-corrected chi connectivity index (χ4v) is 5.64. The fourth-order valence-electron chi connectivity index (χ4n) is 5.52. The second kappa shape index (κ2) is 10.6. The summed E-state index contributed by atoms with van der Waals surface area (Å²) in [6.07, 6.45) is 4.57. The molecule has 1 aliphatic carbocycles. The molecule has 1 aromatic carbocycles. The normalized spacial score (nSPS) is 19.9. The molecular weight excluding hydrogens is 497 g/mol. The Bertz CT molecular complexity index is 1330. The van der Waals surface area contributed by atoms with E-state index in [1.807, 2.05) is 20.9 Å². The second-order valence-corrected chi connectivity index (χ2v) is 10.6. The predicted octanol–water partition coefficient (Wildman–Crippen LogP) is 4.30. The van der Waals surface area contributed by atoms with Gasteiger partial charge >= 0.3 is 0 Å². The number of likely N-dealkylation sites (N-methyl/N-ethyl adjacent to an activating group) is 1. The van der Waals surface area contributed by atoms with Crippen LogP contribution in [0.1, 0.15) is 65.1 Å². The van der Waals surface area contributed by atoms with Crippen LogP contribution in [0.5, 0.6) is 5.75 Å². The average Bonchev–Trinajstić information content (AvgIpc) is 3.34. The number of rotatable bonds is 6. The number of aliphatic hydroxyl groups excluding tert-OH is 1. The zero-order valence-corrected chi connectivity index (χ0v) is 22.3. The van der Waals surface area contributed by atoms with Gasteiger partial charge in [0.2, 0.25) is 0 Å². The summed E-state index contributed by atoms with van der Waals surface area (Å²) in [6, 6.07) is 4.39. The lowest BCUT2D eigenvalue weighted by Gasteiger charge is -2.29. The molecule has 37 heavy (non-hydrogen) atoms. The quantitative estimate of drug-likeness (QED) is 0.479. The molecule has 10 heteroatoms. The Morgan fingerprint density at radius 2 is 2.05 bits per heavy atom. The highest BCUT2D eigenvalue weighted by Crippen LogP contribution is 2.33. The van der Waals surface area contributed by atoms with Gasteiger partial charge in [0.15, 0.2) is 5.65 Å². The summed E-state index contributed by atoms with van der Waals surface area (Å²) in [5.74, 6) is -0.393. The predicted molar refractivity (Wildman–Crippen MR) is 138 cm³/mol. The number of benzene rings is 1. The first-order valence-electron chi connectivity index (χ1n) is 12.9. The molecule has 198 valence electrons. The summed E-state index contributed by atoms with van der Waals surface area (Å²) >= 11 is 6.35. The van der Waals surface area contributed by atoms with Crippen LogP contribution in [-0.2, 0) is 13.1 Å². The Hall–Kier alpha value is -2.75. The second-order valence-electron chi connectivity index (χ2n) is 10.2. The molecule has 5 rings (SSSR count). The first kappa shape index (κ1) is 25.9. The Labute approximate surface area is 221 Å². The number of fused-ring (bicyclic) bond motifs is 3. The Kier molecular flexibility index (Phi) is 7.38. The molecule has 8 nitrogen and oxygen atoms in total. The van der Waals surface area contributed by atoms with Crippen LogP contribution in [0.15, 0.2) is 18.2 Å². The molecule has 2 atom stereocenters. The van der Waals surface area contributed by atoms with Gasteiger partial charge in [-0.2, -0.15) is 5.10 Å². The number of ether oxygens (including phenoxy) is 1. The molecule has 1 saturated carbocycles. The molecule has 2 aromatic heterocycles. The van der Waals surface area contributed by atoms with Crippen molar-refractivity contribution in [3.8, 4) is 5.75 Å².